The van der Waals surface area contributed by atoms with Gasteiger partial charge in [-0.15, -0.1) is 0 Å². The van der Waals surface area contributed by atoms with Gasteiger partial charge in [-0.3, -0.25) is 4.90 Å². The van der Waals surface area contributed by atoms with Crippen molar-refractivity contribution >= 4 is 0 Å². The lowest BCUT2D eigenvalue weighted by atomic mass is 10.0. The van der Waals surface area contributed by atoms with Crippen LogP contribution in [0.1, 0.15) is 26.7 Å². The third-order valence-electron chi connectivity index (χ3n) is 3.74. The molecule has 2 heterocycles. The molecule has 0 aromatic heterocycles. The van der Waals surface area contributed by atoms with Crippen molar-refractivity contribution in [3.05, 3.63) is 0 Å². The minimum Gasteiger partial charge on any atom is -0.381 e. The van der Waals surface area contributed by atoms with Gasteiger partial charge >= 0.3 is 0 Å². The molecule has 2 rings (SSSR count). The van der Waals surface area contributed by atoms with Gasteiger partial charge in [-0.05, 0) is 39.2 Å². The highest BCUT2D eigenvalue weighted by Gasteiger charge is 2.23. The Morgan fingerprint density at radius 2 is 2.27 bits per heavy atom. The summed E-state index contributed by atoms with van der Waals surface area (Å²) in [7, 11) is 0. The first-order valence-corrected chi connectivity index (χ1v) is 6.31. The highest BCUT2D eigenvalue weighted by atomic mass is 16.5. The van der Waals surface area contributed by atoms with E-state index in [0.29, 0.717) is 12.1 Å². The average Bonchev–Trinajstić information content (AvgIpc) is 2.72. The van der Waals surface area contributed by atoms with E-state index >= 15 is 0 Å². The Labute approximate surface area is 93.2 Å². The molecule has 15 heavy (non-hydrogen) atoms. The maximum Gasteiger partial charge on any atom is 0.0495 e. The first-order valence-electron chi connectivity index (χ1n) is 6.31. The van der Waals surface area contributed by atoms with E-state index in [2.05, 4.69) is 24.1 Å². The number of hydrogen-bond donors (Lipinski definition) is 1. The Bertz CT molecular complexity index is 192. The standard InChI is InChI=1S/C12H24N2O/c1-10-8-14(11(2)7-13-10)5-3-12-4-6-15-9-12/h10-13H,3-9H2,1-2H3. The summed E-state index contributed by atoms with van der Waals surface area (Å²) in [4.78, 5) is 2.62. The van der Waals surface area contributed by atoms with Gasteiger partial charge in [0.1, 0.15) is 0 Å². The molecule has 0 amide bonds. The molecule has 0 aromatic carbocycles. The molecule has 0 radical (unpaired) electrons. The van der Waals surface area contributed by atoms with E-state index < -0.39 is 0 Å². The molecular formula is C12H24N2O. The third-order valence-corrected chi connectivity index (χ3v) is 3.74. The highest BCUT2D eigenvalue weighted by molar-refractivity contribution is 4.81. The second-order valence-electron chi connectivity index (χ2n) is 5.17. The lowest BCUT2D eigenvalue weighted by molar-refractivity contribution is 0.132. The predicted molar refractivity (Wildman–Crippen MR) is 62.0 cm³/mol. The summed E-state index contributed by atoms with van der Waals surface area (Å²) in [6, 6.07) is 1.35. The van der Waals surface area contributed by atoms with Crippen molar-refractivity contribution in [2.24, 2.45) is 5.92 Å². The Morgan fingerprint density at radius 3 is 3.00 bits per heavy atom. The van der Waals surface area contributed by atoms with Gasteiger partial charge in [0, 0.05) is 38.4 Å². The smallest absolute Gasteiger partial charge is 0.0495 e. The first kappa shape index (κ1) is 11.4. The van der Waals surface area contributed by atoms with E-state index in [4.69, 9.17) is 4.74 Å². The Hall–Kier alpha value is -0.120. The number of nitrogens with zero attached hydrogens (tertiary/aromatic N) is 1. The van der Waals surface area contributed by atoms with Crippen LogP contribution in [0.5, 0.6) is 0 Å². The molecule has 2 aliphatic heterocycles. The minimum absolute atomic E-state index is 0.654. The zero-order chi connectivity index (χ0) is 10.7. The lowest BCUT2D eigenvalue weighted by Gasteiger charge is -2.37. The molecule has 3 nitrogen and oxygen atoms in total. The number of hydrogen-bond acceptors (Lipinski definition) is 3. The molecule has 3 unspecified atom stereocenters. The van der Waals surface area contributed by atoms with E-state index in [9.17, 15) is 0 Å². The summed E-state index contributed by atoms with van der Waals surface area (Å²) >= 11 is 0. The van der Waals surface area contributed by atoms with Crippen LogP contribution in [0.25, 0.3) is 0 Å². The van der Waals surface area contributed by atoms with Crippen LogP contribution in [0.15, 0.2) is 0 Å². The minimum atomic E-state index is 0.654. The maximum atomic E-state index is 5.41. The zero-order valence-corrected chi connectivity index (χ0v) is 10.0. The van der Waals surface area contributed by atoms with Gasteiger partial charge in [0.25, 0.3) is 0 Å². The van der Waals surface area contributed by atoms with E-state index in [1.807, 2.05) is 0 Å². The molecule has 0 bridgehead atoms. The van der Waals surface area contributed by atoms with Gasteiger partial charge in [0.05, 0.1) is 0 Å². The molecule has 1 N–H and O–H groups in total. The SMILES string of the molecule is CC1CN(CCC2CCOC2)C(C)CN1. The quantitative estimate of drug-likeness (QED) is 0.758. The highest BCUT2D eigenvalue weighted by Crippen LogP contribution is 2.18. The Kier molecular flexibility index (Phi) is 4.00. The number of ether oxygens (including phenoxy) is 1. The fourth-order valence-electron chi connectivity index (χ4n) is 2.57. The van der Waals surface area contributed by atoms with E-state index in [-0.39, 0.29) is 0 Å². The number of rotatable bonds is 3. The average molecular weight is 212 g/mol. The second-order valence-corrected chi connectivity index (χ2v) is 5.17. The molecule has 88 valence electrons. The molecule has 0 saturated carbocycles. The second kappa shape index (κ2) is 5.28. The van der Waals surface area contributed by atoms with Crippen LogP contribution in [0.4, 0.5) is 0 Å². The fraction of sp³-hybridized carbons (Fsp3) is 1.00. The summed E-state index contributed by atoms with van der Waals surface area (Å²) in [6.07, 6.45) is 2.59. The van der Waals surface area contributed by atoms with Gasteiger partial charge in [-0.25, -0.2) is 0 Å². The molecule has 3 atom stereocenters. The van der Waals surface area contributed by atoms with Crippen LogP contribution < -0.4 is 5.32 Å². The Balaban J connectivity index is 1.72. The van der Waals surface area contributed by atoms with Crippen molar-refractivity contribution in [3.63, 3.8) is 0 Å². The molecule has 2 saturated heterocycles. The van der Waals surface area contributed by atoms with Crippen LogP contribution in [0.3, 0.4) is 0 Å². The third kappa shape index (κ3) is 3.16. The van der Waals surface area contributed by atoms with Gasteiger partial charge in [0.2, 0.25) is 0 Å². The fourth-order valence-corrected chi connectivity index (χ4v) is 2.57. The summed E-state index contributed by atoms with van der Waals surface area (Å²) in [5, 5.41) is 3.52. The molecule has 2 fully saturated rings. The van der Waals surface area contributed by atoms with E-state index in [0.717, 1.165) is 25.7 Å². The number of piperazine rings is 1. The van der Waals surface area contributed by atoms with Crippen LogP contribution >= 0.6 is 0 Å². The van der Waals surface area contributed by atoms with Crippen molar-refractivity contribution < 1.29 is 4.74 Å². The van der Waals surface area contributed by atoms with Gasteiger partial charge in [-0.2, -0.15) is 0 Å². The molecule has 0 aromatic rings. The van der Waals surface area contributed by atoms with Gasteiger partial charge < -0.3 is 10.1 Å². The summed E-state index contributed by atoms with van der Waals surface area (Å²) in [5.74, 6) is 0.822. The van der Waals surface area contributed by atoms with Crippen LogP contribution in [0.2, 0.25) is 0 Å². The van der Waals surface area contributed by atoms with Crippen molar-refractivity contribution in [1.82, 2.24) is 10.2 Å². The topological polar surface area (TPSA) is 24.5 Å². The first-order chi connectivity index (χ1) is 7.25. The van der Waals surface area contributed by atoms with Crippen molar-refractivity contribution in [3.8, 4) is 0 Å². The van der Waals surface area contributed by atoms with Crippen molar-refractivity contribution in [2.45, 2.75) is 38.8 Å². The summed E-state index contributed by atoms with van der Waals surface area (Å²) < 4.78 is 5.41. The van der Waals surface area contributed by atoms with Crippen molar-refractivity contribution in [2.75, 3.05) is 32.8 Å². The maximum absolute atomic E-state index is 5.41. The number of nitrogens with one attached hydrogen (secondary N) is 1. The predicted octanol–water partition coefficient (Wildman–Crippen LogP) is 1.10. The van der Waals surface area contributed by atoms with Gasteiger partial charge in [-0.1, -0.05) is 0 Å². The normalized spacial score (nSPS) is 38.4. The molecule has 2 aliphatic rings. The Morgan fingerprint density at radius 1 is 1.40 bits per heavy atom. The van der Waals surface area contributed by atoms with E-state index in [1.165, 1.54) is 25.9 Å². The zero-order valence-electron chi connectivity index (χ0n) is 10.0. The summed E-state index contributed by atoms with van der Waals surface area (Å²) in [5.41, 5.74) is 0. The lowest BCUT2D eigenvalue weighted by Crippen LogP contribution is -2.54. The molecule has 3 heteroatoms. The van der Waals surface area contributed by atoms with Gasteiger partial charge in [0.15, 0.2) is 0 Å². The van der Waals surface area contributed by atoms with Crippen LogP contribution in [0, 0.1) is 5.92 Å². The van der Waals surface area contributed by atoms with Crippen LogP contribution in [-0.4, -0.2) is 49.8 Å². The monoisotopic (exact) mass is 212 g/mol. The van der Waals surface area contributed by atoms with Crippen LogP contribution in [-0.2, 0) is 4.74 Å². The molecular weight excluding hydrogens is 188 g/mol. The summed E-state index contributed by atoms with van der Waals surface area (Å²) in [6.45, 7) is 10.2. The van der Waals surface area contributed by atoms with E-state index in [1.54, 1.807) is 0 Å². The molecule has 0 aliphatic carbocycles. The van der Waals surface area contributed by atoms with Crippen molar-refractivity contribution in [1.29, 1.82) is 0 Å². The largest absolute Gasteiger partial charge is 0.381 e. The molecule has 0 spiro atoms.